The number of hydrogen-bond acceptors (Lipinski definition) is 3. The van der Waals surface area contributed by atoms with Crippen molar-refractivity contribution in [2.45, 2.75) is 19.5 Å². The topological polar surface area (TPSA) is 40.5 Å². The first-order valence-corrected chi connectivity index (χ1v) is 7.72. The second-order valence-corrected chi connectivity index (χ2v) is 6.11. The minimum Gasteiger partial charge on any atom is -0.478 e. The van der Waals surface area contributed by atoms with E-state index in [1.165, 1.54) is 18.2 Å². The number of halogens is 1. The number of carboxylic acid groups (broad SMARTS) is 1. The van der Waals surface area contributed by atoms with Crippen LogP contribution in [0.3, 0.4) is 0 Å². The summed E-state index contributed by atoms with van der Waals surface area (Å²) in [5.41, 5.74) is 1.47. The van der Waals surface area contributed by atoms with Crippen molar-refractivity contribution >= 4 is 23.8 Å². The molecule has 1 fully saturated rings. The summed E-state index contributed by atoms with van der Waals surface area (Å²) in [6.07, 6.45) is 2.45. The molecule has 5 heteroatoms. The lowest BCUT2D eigenvalue weighted by molar-refractivity contribution is -0.131. The number of carboxylic acids is 1. The minimum absolute atomic E-state index is 0.327. The van der Waals surface area contributed by atoms with Crippen LogP contribution < -0.4 is 0 Å². The fourth-order valence-corrected chi connectivity index (χ4v) is 3.34. The molecular formula is C15H18FNO2S. The van der Waals surface area contributed by atoms with Gasteiger partial charge in [-0.15, -0.1) is 0 Å². The van der Waals surface area contributed by atoms with E-state index in [9.17, 15) is 9.18 Å². The van der Waals surface area contributed by atoms with E-state index in [1.807, 2.05) is 17.8 Å². The molecule has 1 N–H and O–H groups in total. The van der Waals surface area contributed by atoms with E-state index in [2.05, 4.69) is 11.8 Å². The Morgan fingerprint density at radius 1 is 1.55 bits per heavy atom. The second-order valence-electron chi connectivity index (χ2n) is 4.96. The molecule has 1 unspecified atom stereocenters. The fraction of sp³-hybridized carbons (Fsp3) is 0.400. The number of aliphatic carboxylic acids is 1. The Kier molecular flexibility index (Phi) is 5.20. The molecule has 0 aromatic heterocycles. The Bertz CT molecular complexity index is 519. The third-order valence-corrected chi connectivity index (χ3v) is 4.48. The number of benzene rings is 1. The van der Waals surface area contributed by atoms with Crippen LogP contribution in [0.5, 0.6) is 0 Å². The van der Waals surface area contributed by atoms with Crippen LogP contribution >= 0.6 is 11.8 Å². The average molecular weight is 295 g/mol. The van der Waals surface area contributed by atoms with Crippen LogP contribution in [-0.2, 0) is 11.3 Å². The standard InChI is InChI=1S/C15H18FNO2S/c1-11-10-20-5-4-17(11)9-13-6-12(2-3-15(18)19)7-14(16)8-13/h2-3,6-8,11H,4-5,9-10H2,1H3,(H,18,19). The molecule has 2 rings (SSSR count). The van der Waals surface area contributed by atoms with Crippen LogP contribution in [0.2, 0.25) is 0 Å². The largest absolute Gasteiger partial charge is 0.478 e. The summed E-state index contributed by atoms with van der Waals surface area (Å²) in [6, 6.07) is 5.19. The monoisotopic (exact) mass is 295 g/mol. The summed E-state index contributed by atoms with van der Waals surface area (Å²) in [5.74, 6) is 0.844. The Morgan fingerprint density at radius 2 is 2.35 bits per heavy atom. The van der Waals surface area contributed by atoms with Gasteiger partial charge in [0.1, 0.15) is 5.82 Å². The highest BCUT2D eigenvalue weighted by atomic mass is 32.2. The molecule has 0 radical (unpaired) electrons. The Morgan fingerprint density at radius 3 is 3.05 bits per heavy atom. The van der Waals surface area contributed by atoms with Gasteiger partial charge in [0.2, 0.25) is 0 Å². The fourth-order valence-electron chi connectivity index (χ4n) is 2.26. The summed E-state index contributed by atoms with van der Waals surface area (Å²) < 4.78 is 13.6. The Balaban J connectivity index is 2.13. The maximum atomic E-state index is 13.6. The van der Waals surface area contributed by atoms with Crippen LogP contribution in [0.25, 0.3) is 6.08 Å². The molecule has 1 heterocycles. The molecule has 1 atom stereocenters. The van der Waals surface area contributed by atoms with Gasteiger partial charge >= 0.3 is 5.97 Å². The molecule has 1 aromatic carbocycles. The molecular weight excluding hydrogens is 277 g/mol. The van der Waals surface area contributed by atoms with Crippen molar-refractivity contribution in [2.24, 2.45) is 0 Å². The molecule has 108 valence electrons. The number of thioether (sulfide) groups is 1. The predicted molar refractivity (Wildman–Crippen MR) is 80.3 cm³/mol. The van der Waals surface area contributed by atoms with Gasteiger partial charge in [-0.1, -0.05) is 6.07 Å². The third kappa shape index (κ3) is 4.35. The molecule has 0 spiro atoms. The molecule has 0 amide bonds. The molecule has 0 bridgehead atoms. The normalized spacial score (nSPS) is 20.4. The molecule has 1 saturated heterocycles. The molecule has 1 aliphatic heterocycles. The lowest BCUT2D eigenvalue weighted by Gasteiger charge is -2.33. The van der Waals surface area contributed by atoms with Crippen LogP contribution in [0, 0.1) is 5.82 Å². The van der Waals surface area contributed by atoms with Gasteiger partial charge in [-0.3, -0.25) is 4.90 Å². The predicted octanol–water partition coefficient (Wildman–Crippen LogP) is 2.86. The van der Waals surface area contributed by atoms with Gasteiger partial charge < -0.3 is 5.11 Å². The van der Waals surface area contributed by atoms with Gasteiger partial charge in [-0.25, -0.2) is 9.18 Å². The van der Waals surface area contributed by atoms with Crippen LogP contribution in [0.4, 0.5) is 4.39 Å². The molecule has 1 aromatic rings. The van der Waals surface area contributed by atoms with Crippen LogP contribution in [-0.4, -0.2) is 40.1 Å². The first-order valence-electron chi connectivity index (χ1n) is 6.57. The summed E-state index contributed by atoms with van der Waals surface area (Å²) in [6.45, 7) is 3.88. The summed E-state index contributed by atoms with van der Waals surface area (Å²) in [5, 5.41) is 8.62. The Hall–Kier alpha value is -1.33. The number of carbonyl (C=O) groups is 1. The smallest absolute Gasteiger partial charge is 0.328 e. The highest BCUT2D eigenvalue weighted by Crippen LogP contribution is 2.20. The lowest BCUT2D eigenvalue weighted by Crippen LogP contribution is -2.39. The van der Waals surface area contributed by atoms with Crippen molar-refractivity contribution < 1.29 is 14.3 Å². The van der Waals surface area contributed by atoms with Gasteiger partial charge in [0.05, 0.1) is 0 Å². The van der Waals surface area contributed by atoms with Crippen LogP contribution in [0.15, 0.2) is 24.3 Å². The van der Waals surface area contributed by atoms with Gasteiger partial charge in [-0.2, -0.15) is 11.8 Å². The average Bonchev–Trinajstić information content (AvgIpc) is 2.38. The number of rotatable bonds is 4. The van der Waals surface area contributed by atoms with E-state index in [0.717, 1.165) is 29.7 Å². The molecule has 20 heavy (non-hydrogen) atoms. The van der Waals surface area contributed by atoms with Crippen LogP contribution in [0.1, 0.15) is 18.1 Å². The van der Waals surface area contributed by atoms with E-state index in [4.69, 9.17) is 5.11 Å². The van der Waals surface area contributed by atoms with Crippen molar-refractivity contribution in [2.75, 3.05) is 18.1 Å². The van der Waals surface area contributed by atoms with E-state index in [-0.39, 0.29) is 5.82 Å². The van der Waals surface area contributed by atoms with E-state index >= 15 is 0 Å². The molecule has 0 saturated carbocycles. The maximum Gasteiger partial charge on any atom is 0.328 e. The van der Waals surface area contributed by atoms with Crippen molar-refractivity contribution in [3.05, 3.63) is 41.2 Å². The van der Waals surface area contributed by atoms with E-state index in [1.54, 1.807) is 0 Å². The van der Waals surface area contributed by atoms with Crippen molar-refractivity contribution in [1.29, 1.82) is 0 Å². The zero-order valence-electron chi connectivity index (χ0n) is 11.4. The highest BCUT2D eigenvalue weighted by Gasteiger charge is 2.18. The van der Waals surface area contributed by atoms with Crippen molar-refractivity contribution in [3.63, 3.8) is 0 Å². The molecule has 0 aliphatic carbocycles. The highest BCUT2D eigenvalue weighted by molar-refractivity contribution is 7.99. The summed E-state index contributed by atoms with van der Waals surface area (Å²) in [7, 11) is 0. The Labute approximate surface area is 122 Å². The van der Waals surface area contributed by atoms with Gasteiger partial charge in [0.15, 0.2) is 0 Å². The van der Waals surface area contributed by atoms with Crippen molar-refractivity contribution in [3.8, 4) is 0 Å². The first kappa shape index (κ1) is 15.1. The van der Waals surface area contributed by atoms with Gasteiger partial charge in [-0.05, 0) is 36.3 Å². The summed E-state index contributed by atoms with van der Waals surface area (Å²) >= 11 is 1.94. The number of hydrogen-bond donors (Lipinski definition) is 1. The maximum absolute atomic E-state index is 13.6. The first-order chi connectivity index (χ1) is 9.54. The lowest BCUT2D eigenvalue weighted by atomic mass is 10.1. The van der Waals surface area contributed by atoms with Gasteiger partial charge in [0.25, 0.3) is 0 Å². The third-order valence-electron chi connectivity index (χ3n) is 3.29. The second kappa shape index (κ2) is 6.90. The van der Waals surface area contributed by atoms with E-state index in [0.29, 0.717) is 18.2 Å². The number of nitrogens with zero attached hydrogens (tertiary/aromatic N) is 1. The summed E-state index contributed by atoms with van der Waals surface area (Å²) in [4.78, 5) is 12.8. The van der Waals surface area contributed by atoms with E-state index < -0.39 is 5.97 Å². The minimum atomic E-state index is -1.03. The molecule has 3 nitrogen and oxygen atoms in total. The molecule has 1 aliphatic rings. The van der Waals surface area contributed by atoms with Crippen molar-refractivity contribution in [1.82, 2.24) is 4.90 Å². The zero-order chi connectivity index (χ0) is 14.5. The van der Waals surface area contributed by atoms with Gasteiger partial charge in [0, 0.05) is 36.7 Å². The SMILES string of the molecule is CC1CSCCN1Cc1cc(F)cc(C=CC(=O)O)c1. The zero-order valence-corrected chi connectivity index (χ0v) is 12.2. The quantitative estimate of drug-likeness (QED) is 0.867.